The molecule has 1 aliphatic heterocycles. The highest BCUT2D eigenvalue weighted by atomic mass is 35.5. The van der Waals surface area contributed by atoms with Crippen LogP contribution >= 0.6 is 11.6 Å². The van der Waals surface area contributed by atoms with Crippen LogP contribution in [-0.4, -0.2) is 61.4 Å². The molecule has 1 saturated heterocycles. The van der Waals surface area contributed by atoms with E-state index < -0.39 is 16.0 Å². The first kappa shape index (κ1) is 19.2. The van der Waals surface area contributed by atoms with E-state index in [0.717, 1.165) is 12.6 Å². The number of aromatic carboxylic acids is 1. The van der Waals surface area contributed by atoms with E-state index in [0.29, 0.717) is 26.2 Å². The summed E-state index contributed by atoms with van der Waals surface area (Å²) in [7, 11) is -3.77. The van der Waals surface area contributed by atoms with Crippen LogP contribution in [0.3, 0.4) is 0 Å². The van der Waals surface area contributed by atoms with Crippen LogP contribution in [0.15, 0.2) is 23.1 Å². The summed E-state index contributed by atoms with van der Waals surface area (Å²) in [6.07, 6.45) is 0. The number of hydrogen-bond acceptors (Lipinski definition) is 4. The number of sulfonamides is 1. The van der Waals surface area contributed by atoms with Gasteiger partial charge in [0.1, 0.15) is 4.90 Å². The van der Waals surface area contributed by atoms with Gasteiger partial charge in [0.05, 0.1) is 10.6 Å². The fraction of sp³-hybridized carbons (Fsp3) is 0.462. The van der Waals surface area contributed by atoms with Gasteiger partial charge in [-0.3, -0.25) is 0 Å². The van der Waals surface area contributed by atoms with E-state index in [1.165, 1.54) is 16.4 Å². The molecule has 1 heterocycles. The molecular weight excluding hydrogens is 351 g/mol. The van der Waals surface area contributed by atoms with Crippen LogP contribution < -0.4 is 12.4 Å². The Morgan fingerprint density at radius 3 is 2.36 bits per heavy atom. The summed E-state index contributed by atoms with van der Waals surface area (Å²) in [5.41, 5.74) is -0.0924. The van der Waals surface area contributed by atoms with Gasteiger partial charge in [-0.25, -0.2) is 13.2 Å². The van der Waals surface area contributed by atoms with Crippen molar-refractivity contribution >= 4 is 27.6 Å². The van der Waals surface area contributed by atoms with Crippen molar-refractivity contribution in [3.05, 3.63) is 28.8 Å². The second-order valence-corrected chi connectivity index (χ2v) is 7.10. The minimum absolute atomic E-state index is 0. The number of benzene rings is 1. The summed E-state index contributed by atoms with van der Waals surface area (Å²) in [4.78, 5) is 13.0. The standard InChI is InChI=1S/C13H17ClN2O4S.ClH/c1-2-15-5-7-16(8-6-15)21(19,20)12-9-10(13(17)18)3-4-11(12)14;/h3-4,9H,2,5-8H2,1H3,(H,17,18);1H/p-1. The normalized spacial score (nSPS) is 17.0. The van der Waals surface area contributed by atoms with Crippen LogP contribution in [0.5, 0.6) is 0 Å². The Morgan fingerprint density at radius 1 is 1.27 bits per heavy atom. The number of nitrogens with zero attached hydrogens (tertiary/aromatic N) is 2. The molecule has 1 fully saturated rings. The maximum absolute atomic E-state index is 12.6. The van der Waals surface area contributed by atoms with Crippen molar-refractivity contribution in [1.82, 2.24) is 9.21 Å². The third-order valence-electron chi connectivity index (χ3n) is 3.57. The number of likely N-dealkylation sites (N-methyl/N-ethyl adjacent to an activating group) is 1. The van der Waals surface area contributed by atoms with E-state index in [1.807, 2.05) is 6.92 Å². The number of piperazine rings is 1. The van der Waals surface area contributed by atoms with E-state index in [2.05, 4.69) is 4.90 Å². The highest BCUT2D eigenvalue weighted by Gasteiger charge is 2.30. The SMILES string of the molecule is CCN1CCN(S(=O)(=O)c2cc(C(=O)O)ccc2Cl)CC1.[Cl-]. The summed E-state index contributed by atoms with van der Waals surface area (Å²) in [6.45, 7) is 4.98. The number of carboxylic acid groups (broad SMARTS) is 1. The lowest BCUT2D eigenvalue weighted by atomic mass is 10.2. The smallest absolute Gasteiger partial charge is 0.335 e. The molecule has 1 aliphatic rings. The lowest BCUT2D eigenvalue weighted by Gasteiger charge is -2.33. The molecule has 0 aromatic heterocycles. The first-order valence-electron chi connectivity index (χ1n) is 6.61. The van der Waals surface area contributed by atoms with Gasteiger partial charge in [0.15, 0.2) is 0 Å². The molecular formula is C13H17Cl2N2O4S-. The molecule has 0 saturated carbocycles. The minimum atomic E-state index is -3.77. The van der Waals surface area contributed by atoms with E-state index >= 15 is 0 Å². The number of carboxylic acids is 1. The van der Waals surface area contributed by atoms with Gasteiger partial charge in [-0.05, 0) is 24.7 Å². The average Bonchev–Trinajstić information content (AvgIpc) is 2.47. The predicted molar refractivity (Wildman–Crippen MR) is 79.3 cm³/mol. The van der Waals surface area contributed by atoms with Gasteiger partial charge in [0.25, 0.3) is 0 Å². The fourth-order valence-corrected chi connectivity index (χ4v) is 4.18. The van der Waals surface area contributed by atoms with Gasteiger partial charge in [0, 0.05) is 26.2 Å². The zero-order valence-electron chi connectivity index (χ0n) is 12.0. The Balaban J connectivity index is 0.00000242. The monoisotopic (exact) mass is 367 g/mol. The first-order valence-corrected chi connectivity index (χ1v) is 8.43. The van der Waals surface area contributed by atoms with Gasteiger partial charge < -0.3 is 22.4 Å². The summed E-state index contributed by atoms with van der Waals surface area (Å²) < 4.78 is 26.6. The molecule has 1 aromatic carbocycles. The lowest BCUT2D eigenvalue weighted by Crippen LogP contribution is -3.00. The highest BCUT2D eigenvalue weighted by molar-refractivity contribution is 7.89. The molecule has 6 nitrogen and oxygen atoms in total. The number of carbonyl (C=O) groups is 1. The number of hydrogen-bond donors (Lipinski definition) is 1. The molecule has 0 radical (unpaired) electrons. The van der Waals surface area contributed by atoms with Gasteiger partial charge in [-0.2, -0.15) is 4.31 Å². The van der Waals surface area contributed by atoms with Crippen molar-refractivity contribution in [2.75, 3.05) is 32.7 Å². The Kier molecular flexibility index (Phi) is 6.64. The Labute approximate surface area is 141 Å². The fourth-order valence-electron chi connectivity index (χ4n) is 2.26. The molecule has 1 aromatic rings. The average molecular weight is 368 g/mol. The van der Waals surface area contributed by atoms with E-state index in [4.69, 9.17) is 16.7 Å². The lowest BCUT2D eigenvalue weighted by molar-refractivity contribution is -0.0000224. The molecule has 0 unspecified atom stereocenters. The van der Waals surface area contributed by atoms with Gasteiger partial charge in [-0.1, -0.05) is 18.5 Å². The predicted octanol–water partition coefficient (Wildman–Crippen LogP) is -1.63. The molecule has 0 atom stereocenters. The molecule has 124 valence electrons. The largest absolute Gasteiger partial charge is 1.00 e. The van der Waals surface area contributed by atoms with Crippen LogP contribution in [0.1, 0.15) is 17.3 Å². The second kappa shape index (κ2) is 7.61. The molecule has 0 aliphatic carbocycles. The molecule has 0 spiro atoms. The van der Waals surface area contributed by atoms with Crippen molar-refractivity contribution in [3.63, 3.8) is 0 Å². The van der Waals surface area contributed by atoms with Crippen LogP contribution in [0.2, 0.25) is 5.02 Å². The number of rotatable bonds is 4. The molecule has 9 heteroatoms. The Morgan fingerprint density at radius 2 is 1.86 bits per heavy atom. The van der Waals surface area contributed by atoms with Crippen molar-refractivity contribution in [1.29, 1.82) is 0 Å². The number of halogens is 2. The van der Waals surface area contributed by atoms with Crippen LogP contribution in [0.25, 0.3) is 0 Å². The summed E-state index contributed by atoms with van der Waals surface area (Å²) >= 11 is 5.95. The van der Waals surface area contributed by atoms with Crippen molar-refractivity contribution in [2.45, 2.75) is 11.8 Å². The van der Waals surface area contributed by atoms with Gasteiger partial charge in [0.2, 0.25) is 10.0 Å². The maximum atomic E-state index is 12.6. The van der Waals surface area contributed by atoms with Crippen molar-refractivity contribution in [3.8, 4) is 0 Å². The maximum Gasteiger partial charge on any atom is 0.335 e. The first-order chi connectivity index (χ1) is 9.86. The summed E-state index contributed by atoms with van der Waals surface area (Å²) in [5.74, 6) is -1.18. The highest BCUT2D eigenvalue weighted by Crippen LogP contribution is 2.26. The third-order valence-corrected chi connectivity index (χ3v) is 5.95. The topological polar surface area (TPSA) is 77.9 Å². The molecule has 22 heavy (non-hydrogen) atoms. The Bertz CT molecular complexity index is 643. The zero-order valence-corrected chi connectivity index (χ0v) is 14.3. The van der Waals surface area contributed by atoms with Crippen molar-refractivity contribution in [2.24, 2.45) is 0 Å². The quantitative estimate of drug-likeness (QED) is 0.691. The van der Waals surface area contributed by atoms with E-state index in [9.17, 15) is 13.2 Å². The minimum Gasteiger partial charge on any atom is -1.00 e. The second-order valence-electron chi connectivity index (χ2n) is 4.79. The summed E-state index contributed by atoms with van der Waals surface area (Å²) in [5, 5.41) is 9.02. The van der Waals surface area contributed by atoms with E-state index in [-0.39, 0.29) is 27.9 Å². The molecule has 2 rings (SSSR count). The third kappa shape index (κ3) is 3.91. The van der Waals surface area contributed by atoms with E-state index in [1.54, 1.807) is 0 Å². The molecule has 0 amide bonds. The van der Waals surface area contributed by atoms with Gasteiger partial charge >= 0.3 is 5.97 Å². The van der Waals surface area contributed by atoms with Crippen LogP contribution in [0.4, 0.5) is 0 Å². The van der Waals surface area contributed by atoms with Gasteiger partial charge in [-0.15, -0.1) is 0 Å². The zero-order chi connectivity index (χ0) is 15.6. The van der Waals surface area contributed by atoms with Crippen LogP contribution in [0, 0.1) is 0 Å². The molecule has 0 bridgehead atoms. The molecule has 1 N–H and O–H groups in total. The van der Waals surface area contributed by atoms with Crippen molar-refractivity contribution < 1.29 is 30.7 Å². The summed E-state index contributed by atoms with van der Waals surface area (Å²) in [6, 6.07) is 3.71. The van der Waals surface area contributed by atoms with Crippen LogP contribution in [-0.2, 0) is 10.0 Å². The Hall–Kier alpha value is -0.860.